The fourth-order valence-electron chi connectivity index (χ4n) is 1.91. The van der Waals surface area contributed by atoms with Crippen LogP contribution in [-0.2, 0) is 22.6 Å². The molecule has 0 saturated carbocycles. The van der Waals surface area contributed by atoms with Gasteiger partial charge in [0.25, 0.3) is 5.89 Å². The van der Waals surface area contributed by atoms with Gasteiger partial charge in [-0.05, 0) is 17.7 Å². The predicted molar refractivity (Wildman–Crippen MR) is 81.4 cm³/mol. The highest BCUT2D eigenvalue weighted by atomic mass is 16.6. The molecule has 0 radical (unpaired) electrons. The smallest absolute Gasteiger partial charge is 0.310 e. The molecular weight excluding hydrogens is 300 g/mol. The number of carbonyl (C=O) groups excluding carboxylic acids is 1. The summed E-state index contributed by atoms with van der Waals surface area (Å²) < 4.78 is 20.5. The molecular formula is C16H20N2O5. The lowest BCUT2D eigenvalue weighted by atomic mass is 10.1. The zero-order chi connectivity index (χ0) is 16.8. The summed E-state index contributed by atoms with van der Waals surface area (Å²) in [5, 5.41) is 3.81. The van der Waals surface area contributed by atoms with Crippen LogP contribution >= 0.6 is 0 Å². The van der Waals surface area contributed by atoms with Crippen LogP contribution in [-0.4, -0.2) is 30.3 Å². The fraction of sp³-hybridized carbons (Fsp3) is 0.438. The summed E-state index contributed by atoms with van der Waals surface area (Å²) in [5.74, 6) is 1.83. The molecule has 124 valence electrons. The summed E-state index contributed by atoms with van der Waals surface area (Å²) in [7, 11) is 3.10. The third-order valence-corrected chi connectivity index (χ3v) is 3.15. The van der Waals surface area contributed by atoms with Crippen LogP contribution in [0.1, 0.15) is 37.0 Å². The minimum atomic E-state index is -0.387. The molecule has 1 heterocycles. The molecule has 1 aromatic heterocycles. The van der Waals surface area contributed by atoms with Crippen molar-refractivity contribution in [3.05, 3.63) is 35.5 Å². The maximum atomic E-state index is 11.9. The van der Waals surface area contributed by atoms with Gasteiger partial charge in [-0.1, -0.05) is 25.1 Å². The molecule has 0 fully saturated rings. The van der Waals surface area contributed by atoms with Crippen LogP contribution in [0, 0.1) is 0 Å². The number of esters is 1. The van der Waals surface area contributed by atoms with Gasteiger partial charge in [-0.25, -0.2) is 0 Å². The summed E-state index contributed by atoms with van der Waals surface area (Å²) in [6.45, 7) is 3.88. The van der Waals surface area contributed by atoms with E-state index >= 15 is 0 Å². The van der Waals surface area contributed by atoms with E-state index in [2.05, 4.69) is 10.1 Å². The quantitative estimate of drug-likeness (QED) is 0.725. The molecule has 2 rings (SSSR count). The van der Waals surface area contributed by atoms with Gasteiger partial charge in [0.2, 0.25) is 0 Å². The number of hydrogen-bond acceptors (Lipinski definition) is 7. The normalized spacial score (nSPS) is 10.7. The fourth-order valence-corrected chi connectivity index (χ4v) is 1.91. The summed E-state index contributed by atoms with van der Waals surface area (Å²) in [4.78, 5) is 16.0. The number of carbonyl (C=O) groups is 1. The van der Waals surface area contributed by atoms with Gasteiger partial charge in [0.15, 0.2) is 23.9 Å². The number of aromatic nitrogens is 2. The second kappa shape index (κ2) is 7.62. The van der Waals surface area contributed by atoms with Crippen LogP contribution in [0.25, 0.3) is 0 Å². The zero-order valence-corrected chi connectivity index (χ0v) is 13.7. The van der Waals surface area contributed by atoms with E-state index in [1.807, 2.05) is 13.8 Å². The summed E-state index contributed by atoms with van der Waals surface area (Å²) in [6, 6.07) is 5.27. The lowest BCUT2D eigenvalue weighted by Gasteiger charge is -2.09. The number of nitrogens with zero attached hydrogens (tertiary/aromatic N) is 2. The standard InChI is InChI=1S/C16H20N2O5/c1-10(2)16-17-14(23-18-16)9-22-15(19)8-11-5-6-12(20-3)13(7-11)21-4/h5-7,10H,8-9H2,1-4H3. The molecule has 1 aromatic carbocycles. The van der Waals surface area contributed by atoms with Gasteiger partial charge in [0.1, 0.15) is 0 Å². The Balaban J connectivity index is 1.91. The number of methoxy groups -OCH3 is 2. The van der Waals surface area contributed by atoms with Crippen LogP contribution in [0.2, 0.25) is 0 Å². The Morgan fingerprint density at radius 2 is 1.96 bits per heavy atom. The summed E-state index contributed by atoms with van der Waals surface area (Å²) >= 11 is 0. The van der Waals surface area contributed by atoms with Crippen molar-refractivity contribution < 1.29 is 23.5 Å². The van der Waals surface area contributed by atoms with Crippen molar-refractivity contribution in [1.82, 2.24) is 10.1 Å². The molecule has 0 aliphatic rings. The van der Waals surface area contributed by atoms with Crippen LogP contribution in [0.15, 0.2) is 22.7 Å². The molecule has 0 amide bonds. The van der Waals surface area contributed by atoms with E-state index in [1.54, 1.807) is 32.4 Å². The number of rotatable bonds is 7. The van der Waals surface area contributed by atoms with E-state index in [0.29, 0.717) is 17.3 Å². The van der Waals surface area contributed by atoms with Crippen LogP contribution < -0.4 is 9.47 Å². The maximum Gasteiger partial charge on any atom is 0.310 e. The first-order chi connectivity index (χ1) is 11.0. The lowest BCUT2D eigenvalue weighted by Crippen LogP contribution is -2.08. The van der Waals surface area contributed by atoms with E-state index in [1.165, 1.54) is 0 Å². The van der Waals surface area contributed by atoms with E-state index in [4.69, 9.17) is 18.7 Å². The molecule has 23 heavy (non-hydrogen) atoms. The second-order valence-electron chi connectivity index (χ2n) is 5.23. The van der Waals surface area contributed by atoms with Crippen molar-refractivity contribution in [1.29, 1.82) is 0 Å². The molecule has 7 heteroatoms. The number of benzene rings is 1. The Morgan fingerprint density at radius 3 is 2.57 bits per heavy atom. The molecule has 0 spiro atoms. The Morgan fingerprint density at radius 1 is 1.22 bits per heavy atom. The van der Waals surface area contributed by atoms with Gasteiger partial charge in [0, 0.05) is 5.92 Å². The molecule has 0 atom stereocenters. The minimum Gasteiger partial charge on any atom is -0.493 e. The van der Waals surface area contributed by atoms with Crippen molar-refractivity contribution in [3.8, 4) is 11.5 Å². The van der Waals surface area contributed by atoms with E-state index in [9.17, 15) is 4.79 Å². The van der Waals surface area contributed by atoms with Crippen molar-refractivity contribution in [2.45, 2.75) is 32.8 Å². The average Bonchev–Trinajstić information content (AvgIpc) is 3.02. The van der Waals surface area contributed by atoms with Gasteiger partial charge >= 0.3 is 5.97 Å². The maximum absolute atomic E-state index is 11.9. The highest BCUT2D eigenvalue weighted by molar-refractivity contribution is 5.72. The summed E-state index contributed by atoms with van der Waals surface area (Å²) in [6.07, 6.45) is 0.117. The molecule has 0 unspecified atom stereocenters. The van der Waals surface area contributed by atoms with Gasteiger partial charge in [-0.15, -0.1) is 0 Å². The highest BCUT2D eigenvalue weighted by Crippen LogP contribution is 2.27. The summed E-state index contributed by atoms with van der Waals surface area (Å²) in [5.41, 5.74) is 0.765. The van der Waals surface area contributed by atoms with E-state index in [0.717, 1.165) is 5.56 Å². The van der Waals surface area contributed by atoms with Gasteiger partial charge < -0.3 is 18.7 Å². The van der Waals surface area contributed by atoms with Crippen molar-refractivity contribution in [2.24, 2.45) is 0 Å². The molecule has 0 N–H and O–H groups in total. The Bertz CT molecular complexity index is 666. The van der Waals surface area contributed by atoms with Gasteiger partial charge in [-0.3, -0.25) is 4.79 Å². The Kier molecular flexibility index (Phi) is 5.56. The van der Waals surface area contributed by atoms with Crippen LogP contribution in [0.4, 0.5) is 0 Å². The second-order valence-corrected chi connectivity index (χ2v) is 5.23. The largest absolute Gasteiger partial charge is 0.493 e. The SMILES string of the molecule is COc1ccc(CC(=O)OCc2nc(C(C)C)no2)cc1OC. The first kappa shape index (κ1) is 16.8. The molecule has 2 aromatic rings. The third-order valence-electron chi connectivity index (χ3n) is 3.15. The molecule has 0 bridgehead atoms. The Labute approximate surface area is 134 Å². The van der Waals surface area contributed by atoms with Gasteiger partial charge in [0.05, 0.1) is 20.6 Å². The van der Waals surface area contributed by atoms with E-state index in [-0.39, 0.29) is 30.8 Å². The predicted octanol–water partition coefficient (Wildman–Crippen LogP) is 2.50. The molecule has 0 aliphatic heterocycles. The van der Waals surface area contributed by atoms with Crippen molar-refractivity contribution in [2.75, 3.05) is 14.2 Å². The van der Waals surface area contributed by atoms with Crippen molar-refractivity contribution >= 4 is 5.97 Å². The van der Waals surface area contributed by atoms with Crippen LogP contribution in [0.3, 0.4) is 0 Å². The van der Waals surface area contributed by atoms with Crippen LogP contribution in [0.5, 0.6) is 11.5 Å². The first-order valence-electron chi connectivity index (χ1n) is 7.22. The molecule has 0 saturated heterocycles. The van der Waals surface area contributed by atoms with Crippen molar-refractivity contribution in [3.63, 3.8) is 0 Å². The monoisotopic (exact) mass is 320 g/mol. The number of ether oxygens (including phenoxy) is 3. The number of hydrogen-bond donors (Lipinski definition) is 0. The molecule has 0 aliphatic carbocycles. The van der Waals surface area contributed by atoms with Gasteiger partial charge in [-0.2, -0.15) is 4.98 Å². The minimum absolute atomic E-state index is 0.0359. The first-order valence-corrected chi connectivity index (χ1v) is 7.22. The highest BCUT2D eigenvalue weighted by Gasteiger charge is 2.13. The lowest BCUT2D eigenvalue weighted by molar-refractivity contribution is -0.144. The topological polar surface area (TPSA) is 83.7 Å². The zero-order valence-electron chi connectivity index (χ0n) is 13.7. The molecule has 7 nitrogen and oxygen atoms in total. The average molecular weight is 320 g/mol. The van der Waals surface area contributed by atoms with E-state index < -0.39 is 0 Å². The third kappa shape index (κ3) is 4.45. The Hall–Kier alpha value is -2.57.